The third-order valence-corrected chi connectivity index (χ3v) is 4.81. The minimum atomic E-state index is -0.593. The van der Waals surface area contributed by atoms with Crippen LogP contribution in [-0.4, -0.2) is 34.4 Å². The van der Waals surface area contributed by atoms with Crippen molar-refractivity contribution in [3.05, 3.63) is 77.4 Å². The number of carbonyl (C=O) groups excluding carboxylic acids is 1. The second kappa shape index (κ2) is 10.7. The molecule has 7 nitrogen and oxygen atoms in total. The molecule has 0 aromatic heterocycles. The third-order valence-electron chi connectivity index (χ3n) is 4.81. The molecule has 0 spiro atoms. The van der Waals surface area contributed by atoms with E-state index in [-0.39, 0.29) is 11.3 Å². The average Bonchev–Trinajstić information content (AvgIpc) is 2.87. The molecule has 0 aliphatic rings. The molecule has 0 fully saturated rings. The third kappa shape index (κ3) is 5.63. The summed E-state index contributed by atoms with van der Waals surface area (Å²) >= 11 is 0. The molecule has 7 heteroatoms. The van der Waals surface area contributed by atoms with Crippen LogP contribution < -0.4 is 23.7 Å². The highest BCUT2D eigenvalue weighted by Gasteiger charge is 2.15. The van der Waals surface area contributed by atoms with Crippen LogP contribution in [0.4, 0.5) is 0 Å². The fraction of sp³-hybridized carbons (Fsp3) is 0.154. The summed E-state index contributed by atoms with van der Waals surface area (Å²) in [4.78, 5) is 12.7. The minimum Gasteiger partial charge on any atom is -0.497 e. The molecule has 0 aliphatic heterocycles. The first-order valence-electron chi connectivity index (χ1n) is 9.90. The molecule has 0 amide bonds. The average molecular weight is 445 g/mol. The molecule has 3 aromatic rings. The molecule has 0 heterocycles. The van der Waals surface area contributed by atoms with Crippen molar-refractivity contribution < 1.29 is 28.5 Å². The Hall–Kier alpha value is -4.44. The molecule has 168 valence electrons. The van der Waals surface area contributed by atoms with E-state index in [9.17, 15) is 10.1 Å². The van der Waals surface area contributed by atoms with Crippen LogP contribution in [0.15, 0.2) is 60.7 Å². The molecular formula is C26H23NO6. The van der Waals surface area contributed by atoms with Gasteiger partial charge in [-0.15, -0.1) is 0 Å². The van der Waals surface area contributed by atoms with Gasteiger partial charge in [0.1, 0.15) is 17.2 Å². The lowest BCUT2D eigenvalue weighted by molar-refractivity contribution is 0.0729. The lowest BCUT2D eigenvalue weighted by Crippen LogP contribution is -2.10. The zero-order valence-corrected chi connectivity index (χ0v) is 18.7. The van der Waals surface area contributed by atoms with Crippen molar-refractivity contribution in [1.82, 2.24) is 0 Å². The number of allylic oxidation sites excluding steroid dienone is 1. The number of benzene rings is 3. The zero-order chi connectivity index (χ0) is 23.8. The fourth-order valence-electron chi connectivity index (χ4n) is 3.06. The van der Waals surface area contributed by atoms with Crippen LogP contribution in [0.3, 0.4) is 0 Å². The topological polar surface area (TPSA) is 87.0 Å². The first-order valence-corrected chi connectivity index (χ1v) is 9.90. The summed E-state index contributed by atoms with van der Waals surface area (Å²) in [5.74, 6) is 1.64. The first-order chi connectivity index (χ1) is 16.0. The largest absolute Gasteiger partial charge is 0.497 e. The van der Waals surface area contributed by atoms with Gasteiger partial charge in [-0.3, -0.25) is 0 Å². The van der Waals surface area contributed by atoms with Gasteiger partial charge in [-0.25, -0.2) is 4.79 Å². The lowest BCUT2D eigenvalue weighted by Gasteiger charge is -2.12. The van der Waals surface area contributed by atoms with Gasteiger partial charge >= 0.3 is 5.97 Å². The number of nitrogens with zero attached hydrogens (tertiary/aromatic N) is 1. The zero-order valence-electron chi connectivity index (χ0n) is 18.7. The van der Waals surface area contributed by atoms with E-state index in [0.717, 1.165) is 5.56 Å². The van der Waals surface area contributed by atoms with Crippen LogP contribution in [0.25, 0.3) is 11.6 Å². The fourth-order valence-corrected chi connectivity index (χ4v) is 3.06. The van der Waals surface area contributed by atoms with Crippen molar-refractivity contribution in [3.8, 4) is 34.8 Å². The van der Waals surface area contributed by atoms with Crippen LogP contribution in [0.5, 0.6) is 28.7 Å². The van der Waals surface area contributed by atoms with Crippen LogP contribution in [-0.2, 0) is 0 Å². The van der Waals surface area contributed by atoms with Crippen molar-refractivity contribution in [2.45, 2.75) is 0 Å². The van der Waals surface area contributed by atoms with Crippen molar-refractivity contribution in [2.75, 3.05) is 28.4 Å². The van der Waals surface area contributed by atoms with Crippen LogP contribution in [0.1, 0.15) is 21.5 Å². The van der Waals surface area contributed by atoms with E-state index in [1.807, 2.05) is 12.1 Å². The molecule has 0 bridgehead atoms. The highest BCUT2D eigenvalue weighted by atomic mass is 16.6. The number of ether oxygens (including phenoxy) is 5. The highest BCUT2D eigenvalue weighted by Crippen LogP contribution is 2.31. The van der Waals surface area contributed by atoms with E-state index in [2.05, 4.69) is 6.07 Å². The predicted octanol–water partition coefficient (Wildman–Crippen LogP) is 5.00. The van der Waals surface area contributed by atoms with E-state index >= 15 is 0 Å². The van der Waals surface area contributed by atoms with Gasteiger partial charge in [-0.05, 0) is 65.7 Å². The number of carbonyl (C=O) groups is 1. The van der Waals surface area contributed by atoms with E-state index in [4.69, 9.17) is 23.7 Å². The molecule has 0 atom stereocenters. The van der Waals surface area contributed by atoms with Gasteiger partial charge in [0.15, 0.2) is 11.5 Å². The van der Waals surface area contributed by atoms with Crippen molar-refractivity contribution in [2.24, 2.45) is 0 Å². The van der Waals surface area contributed by atoms with Gasteiger partial charge in [0.2, 0.25) is 0 Å². The number of hydrogen-bond acceptors (Lipinski definition) is 7. The molecule has 0 saturated carbocycles. The van der Waals surface area contributed by atoms with E-state index < -0.39 is 5.97 Å². The quantitative estimate of drug-likeness (QED) is 0.209. The minimum absolute atomic E-state index is 0.240. The molecule has 33 heavy (non-hydrogen) atoms. The number of esters is 1. The number of methoxy groups -OCH3 is 4. The molecule has 0 N–H and O–H groups in total. The highest BCUT2D eigenvalue weighted by molar-refractivity contribution is 5.93. The number of hydrogen-bond donors (Lipinski definition) is 0. The number of nitriles is 1. The van der Waals surface area contributed by atoms with Crippen LogP contribution in [0, 0.1) is 11.3 Å². The maximum absolute atomic E-state index is 12.7. The van der Waals surface area contributed by atoms with Crippen molar-refractivity contribution >= 4 is 17.6 Å². The Labute approximate surface area is 192 Å². The molecule has 3 aromatic carbocycles. The first kappa shape index (κ1) is 23.2. The van der Waals surface area contributed by atoms with Crippen molar-refractivity contribution in [1.29, 1.82) is 5.26 Å². The Bertz CT molecular complexity index is 1190. The van der Waals surface area contributed by atoms with Gasteiger partial charge in [0.25, 0.3) is 0 Å². The normalized spacial score (nSPS) is 10.7. The van der Waals surface area contributed by atoms with Gasteiger partial charge < -0.3 is 23.7 Å². The standard InChI is InChI=1S/C26H23NO6/c1-29-21-8-6-18(7-9-21)20(16-27)11-17-5-10-24(25(12-17)32-4)33-26(28)19-13-22(30-2)15-23(14-19)31-3/h5-15H,1-4H3/b20-11-. The Kier molecular flexibility index (Phi) is 7.55. The summed E-state index contributed by atoms with van der Waals surface area (Å²) < 4.78 is 26.5. The SMILES string of the molecule is COc1ccc(/C(C#N)=C\c2ccc(OC(=O)c3cc(OC)cc(OC)c3)c(OC)c2)cc1. The van der Waals surface area contributed by atoms with Gasteiger partial charge in [0, 0.05) is 6.07 Å². The molecule has 0 saturated heterocycles. The Balaban J connectivity index is 1.87. The predicted molar refractivity (Wildman–Crippen MR) is 124 cm³/mol. The van der Waals surface area contributed by atoms with Crippen molar-refractivity contribution in [3.63, 3.8) is 0 Å². The van der Waals surface area contributed by atoms with Crippen LogP contribution >= 0.6 is 0 Å². The summed E-state index contributed by atoms with van der Waals surface area (Å²) in [5, 5.41) is 9.61. The van der Waals surface area contributed by atoms with Gasteiger partial charge in [-0.1, -0.05) is 6.07 Å². The maximum atomic E-state index is 12.7. The van der Waals surface area contributed by atoms with E-state index in [1.165, 1.54) is 21.3 Å². The summed E-state index contributed by atoms with van der Waals surface area (Å²) in [5.41, 5.74) is 2.19. The van der Waals surface area contributed by atoms with Crippen LogP contribution in [0.2, 0.25) is 0 Å². The Morgan fingerprint density at radius 3 is 1.91 bits per heavy atom. The summed E-state index contributed by atoms with van der Waals surface area (Å²) in [6, 6.07) is 19.2. The maximum Gasteiger partial charge on any atom is 0.343 e. The lowest BCUT2D eigenvalue weighted by atomic mass is 10.0. The summed E-state index contributed by atoms with van der Waals surface area (Å²) in [7, 11) is 6.06. The van der Waals surface area contributed by atoms with E-state index in [1.54, 1.807) is 61.7 Å². The summed E-state index contributed by atoms with van der Waals surface area (Å²) in [6.07, 6.45) is 1.73. The van der Waals surface area contributed by atoms with E-state index in [0.29, 0.717) is 34.1 Å². The molecule has 0 unspecified atom stereocenters. The van der Waals surface area contributed by atoms with Gasteiger partial charge in [-0.2, -0.15) is 5.26 Å². The second-order valence-corrected chi connectivity index (χ2v) is 6.80. The Morgan fingerprint density at radius 1 is 0.727 bits per heavy atom. The second-order valence-electron chi connectivity index (χ2n) is 6.80. The molecule has 0 radical (unpaired) electrons. The van der Waals surface area contributed by atoms with Gasteiger partial charge in [0.05, 0.1) is 45.6 Å². The monoisotopic (exact) mass is 445 g/mol. The smallest absolute Gasteiger partial charge is 0.343 e. The Morgan fingerprint density at radius 2 is 1.36 bits per heavy atom. The molecule has 0 aliphatic carbocycles. The molecule has 3 rings (SSSR count). The summed E-state index contributed by atoms with van der Waals surface area (Å²) in [6.45, 7) is 0. The molecular weight excluding hydrogens is 422 g/mol. The number of rotatable bonds is 8.